The number of nitrogens with one attached hydrogen (secondary N) is 1. The Labute approximate surface area is 237 Å². The van der Waals surface area contributed by atoms with Gasteiger partial charge in [-0.1, -0.05) is 11.6 Å². The fourth-order valence-corrected chi connectivity index (χ4v) is 5.52. The topological polar surface area (TPSA) is 147 Å². The first-order valence-corrected chi connectivity index (χ1v) is 13.4. The van der Waals surface area contributed by atoms with Gasteiger partial charge in [0.1, 0.15) is 12.2 Å². The van der Waals surface area contributed by atoms with Crippen LogP contribution in [0.1, 0.15) is 36.5 Å². The van der Waals surface area contributed by atoms with Crippen LogP contribution in [0.3, 0.4) is 0 Å². The van der Waals surface area contributed by atoms with Crippen molar-refractivity contribution in [1.82, 2.24) is 10.2 Å². The first-order valence-electron chi connectivity index (χ1n) is 13.4. The number of ether oxygens (including phenoxy) is 4. The van der Waals surface area contributed by atoms with E-state index in [0.29, 0.717) is 34.1 Å². The van der Waals surface area contributed by atoms with Crippen LogP contribution in [-0.2, 0) is 22.7 Å². The molecule has 0 aromatic heterocycles. The molecule has 0 radical (unpaired) electrons. The molecule has 0 fully saturated rings. The number of fused-ring (bicyclic) bond motifs is 4. The molecule has 0 saturated carbocycles. The first kappa shape index (κ1) is 28.5. The first-order chi connectivity index (χ1) is 19.7. The standard InChI is InChI=1S/C30H34N2O9/c1-16(2)8-25(35)32(13-17-4-5-22-23(10-17)40-15-39-22)21-12-20(30(37)31-6-7-33)26-19-9-18(14-34)11-24(38-3)28(19)41-29(26)27(21)36/h4-5,8-12,21,26-27,29,33-34,36H,6-7,13-15H2,1-3H3,(H,31,37)/t21-,26+,27+,29+/m1/s1. The third kappa shape index (κ3) is 5.48. The van der Waals surface area contributed by atoms with Gasteiger partial charge in [-0.2, -0.15) is 0 Å². The van der Waals surface area contributed by atoms with Crippen molar-refractivity contribution in [2.75, 3.05) is 27.1 Å². The molecule has 4 atom stereocenters. The Balaban J connectivity index is 1.60. The quantitative estimate of drug-likeness (QED) is 0.332. The Morgan fingerprint density at radius 1 is 1.12 bits per heavy atom. The van der Waals surface area contributed by atoms with Crippen LogP contribution in [-0.4, -0.2) is 77.3 Å². The number of carbonyl (C=O) groups is 2. The molecule has 3 aliphatic rings. The second-order valence-corrected chi connectivity index (χ2v) is 10.4. The van der Waals surface area contributed by atoms with Crippen molar-refractivity contribution in [2.45, 2.75) is 51.2 Å². The van der Waals surface area contributed by atoms with Crippen LogP contribution in [0.15, 0.2) is 53.6 Å². The van der Waals surface area contributed by atoms with Crippen molar-refractivity contribution >= 4 is 11.8 Å². The second-order valence-electron chi connectivity index (χ2n) is 10.4. The molecule has 5 rings (SSSR count). The molecule has 2 aromatic carbocycles. The lowest BCUT2D eigenvalue weighted by molar-refractivity contribution is -0.133. The zero-order chi connectivity index (χ0) is 29.3. The Hall–Kier alpha value is -4.06. The lowest BCUT2D eigenvalue weighted by atomic mass is 9.77. The van der Waals surface area contributed by atoms with E-state index < -0.39 is 30.1 Å². The minimum atomic E-state index is -1.23. The molecule has 2 aliphatic heterocycles. The van der Waals surface area contributed by atoms with Gasteiger partial charge >= 0.3 is 0 Å². The van der Waals surface area contributed by atoms with Gasteiger partial charge in [0.05, 0.1) is 32.3 Å². The van der Waals surface area contributed by atoms with Gasteiger partial charge in [0.25, 0.3) is 0 Å². The number of benzene rings is 2. The number of rotatable bonds is 9. The molecule has 0 spiro atoms. The molecule has 11 nitrogen and oxygen atoms in total. The van der Waals surface area contributed by atoms with Crippen LogP contribution in [0.5, 0.6) is 23.0 Å². The summed E-state index contributed by atoms with van der Waals surface area (Å²) in [6.07, 6.45) is 0.911. The molecule has 0 saturated heterocycles. The van der Waals surface area contributed by atoms with Gasteiger partial charge in [0.15, 0.2) is 23.0 Å². The van der Waals surface area contributed by atoms with Crippen LogP contribution >= 0.6 is 0 Å². The summed E-state index contributed by atoms with van der Waals surface area (Å²) in [6, 6.07) is 7.78. The average molecular weight is 567 g/mol. The van der Waals surface area contributed by atoms with E-state index in [1.54, 1.807) is 44.2 Å². The van der Waals surface area contributed by atoms with Crippen LogP contribution in [0.2, 0.25) is 0 Å². The summed E-state index contributed by atoms with van der Waals surface area (Å²) in [7, 11) is 1.47. The van der Waals surface area contributed by atoms with Gasteiger partial charge in [-0.15, -0.1) is 0 Å². The van der Waals surface area contributed by atoms with Gasteiger partial charge in [-0.3, -0.25) is 9.59 Å². The number of methoxy groups -OCH3 is 1. The molecule has 0 bridgehead atoms. The summed E-state index contributed by atoms with van der Waals surface area (Å²) in [6.45, 7) is 3.31. The van der Waals surface area contributed by atoms with E-state index in [1.165, 1.54) is 18.1 Å². The lowest BCUT2D eigenvalue weighted by Crippen LogP contribution is -2.55. The summed E-state index contributed by atoms with van der Waals surface area (Å²) in [5, 5.41) is 33.7. The largest absolute Gasteiger partial charge is 0.493 e. The van der Waals surface area contributed by atoms with E-state index in [-0.39, 0.29) is 44.6 Å². The van der Waals surface area contributed by atoms with Crippen LogP contribution < -0.4 is 24.3 Å². The molecule has 2 aromatic rings. The third-order valence-corrected chi connectivity index (χ3v) is 7.34. The van der Waals surface area contributed by atoms with Crippen molar-refractivity contribution in [3.8, 4) is 23.0 Å². The minimum absolute atomic E-state index is 0.0199. The van der Waals surface area contributed by atoms with Crippen molar-refractivity contribution in [1.29, 1.82) is 0 Å². The summed E-state index contributed by atoms with van der Waals surface area (Å²) in [4.78, 5) is 28.6. The summed E-state index contributed by atoms with van der Waals surface area (Å²) in [5.74, 6) is 0.354. The molecule has 1 aliphatic carbocycles. The van der Waals surface area contributed by atoms with E-state index in [2.05, 4.69) is 5.32 Å². The predicted molar refractivity (Wildman–Crippen MR) is 147 cm³/mol. The Morgan fingerprint density at radius 2 is 1.90 bits per heavy atom. The number of carbonyl (C=O) groups excluding carboxylic acids is 2. The zero-order valence-electron chi connectivity index (χ0n) is 23.1. The molecular formula is C30H34N2O9. The molecule has 41 heavy (non-hydrogen) atoms. The number of nitrogens with zero attached hydrogens (tertiary/aromatic N) is 1. The Bertz CT molecular complexity index is 1400. The summed E-state index contributed by atoms with van der Waals surface area (Å²) < 4.78 is 22.7. The molecule has 11 heteroatoms. The van der Waals surface area contributed by atoms with Crippen LogP contribution in [0.25, 0.3) is 0 Å². The van der Waals surface area contributed by atoms with Crippen LogP contribution in [0, 0.1) is 0 Å². The van der Waals surface area contributed by atoms with Crippen molar-refractivity contribution < 1.29 is 43.9 Å². The number of hydrogen-bond acceptors (Lipinski definition) is 9. The van der Waals surface area contributed by atoms with E-state index in [1.807, 2.05) is 6.07 Å². The van der Waals surface area contributed by atoms with Crippen LogP contribution in [0.4, 0.5) is 0 Å². The van der Waals surface area contributed by atoms with Gasteiger partial charge in [0.2, 0.25) is 18.6 Å². The number of aliphatic hydroxyl groups excluding tert-OH is 3. The third-order valence-electron chi connectivity index (χ3n) is 7.34. The monoisotopic (exact) mass is 566 g/mol. The fraction of sp³-hybridized carbons (Fsp3) is 0.400. The summed E-state index contributed by atoms with van der Waals surface area (Å²) >= 11 is 0. The zero-order valence-corrected chi connectivity index (χ0v) is 23.1. The maximum atomic E-state index is 13.6. The van der Waals surface area contributed by atoms with E-state index in [9.17, 15) is 24.9 Å². The van der Waals surface area contributed by atoms with Gasteiger partial charge < -0.3 is 44.5 Å². The number of amides is 2. The highest BCUT2D eigenvalue weighted by molar-refractivity contribution is 5.96. The maximum absolute atomic E-state index is 13.6. The number of allylic oxidation sites excluding steroid dienone is 1. The normalized spacial score (nSPS) is 21.7. The fourth-order valence-electron chi connectivity index (χ4n) is 5.52. The molecule has 2 amide bonds. The Kier molecular flexibility index (Phi) is 8.20. The SMILES string of the molecule is COc1cc(CO)cc2c1O[C@@H]1[C@@H](O)[C@H](N(Cc3ccc4c(c3)OCO4)C(=O)C=C(C)C)C=C(C(=O)NCCO)[C@H]21. The molecule has 218 valence electrons. The van der Waals surface area contributed by atoms with Crippen molar-refractivity contribution in [2.24, 2.45) is 0 Å². The molecule has 2 heterocycles. The van der Waals surface area contributed by atoms with Gasteiger partial charge in [-0.25, -0.2) is 0 Å². The Morgan fingerprint density at radius 3 is 2.61 bits per heavy atom. The minimum Gasteiger partial charge on any atom is -0.493 e. The van der Waals surface area contributed by atoms with E-state index >= 15 is 0 Å². The smallest absolute Gasteiger partial charge is 0.247 e. The number of hydrogen-bond donors (Lipinski definition) is 4. The lowest BCUT2D eigenvalue weighted by Gasteiger charge is -2.40. The highest BCUT2D eigenvalue weighted by Gasteiger charge is 2.51. The highest BCUT2D eigenvalue weighted by atomic mass is 16.7. The summed E-state index contributed by atoms with van der Waals surface area (Å²) in [5.41, 5.74) is 2.92. The van der Waals surface area contributed by atoms with Crippen molar-refractivity contribution in [3.05, 3.63) is 70.3 Å². The van der Waals surface area contributed by atoms with E-state index in [0.717, 1.165) is 11.1 Å². The molecule has 4 N–H and O–H groups in total. The molecule has 0 unspecified atom stereocenters. The van der Waals surface area contributed by atoms with Gasteiger partial charge in [-0.05, 0) is 55.3 Å². The molecular weight excluding hydrogens is 532 g/mol. The maximum Gasteiger partial charge on any atom is 0.247 e. The van der Waals surface area contributed by atoms with Crippen molar-refractivity contribution in [3.63, 3.8) is 0 Å². The average Bonchev–Trinajstić information content (AvgIpc) is 3.59. The predicted octanol–water partition coefficient (Wildman–Crippen LogP) is 1.53. The highest BCUT2D eigenvalue weighted by Crippen LogP contribution is 2.51. The second kappa shape index (κ2) is 11.8. The van der Waals surface area contributed by atoms with E-state index in [4.69, 9.17) is 18.9 Å². The number of aliphatic hydroxyl groups is 3. The van der Waals surface area contributed by atoms with Gasteiger partial charge in [0, 0.05) is 30.3 Å².